The highest BCUT2D eigenvalue weighted by molar-refractivity contribution is 6.32. The van der Waals surface area contributed by atoms with Gasteiger partial charge in [-0.25, -0.2) is 9.80 Å². The first kappa shape index (κ1) is 17.1. The number of carboxylic acid groups (broad SMARTS) is 1. The lowest BCUT2D eigenvalue weighted by molar-refractivity contribution is -0.159. The summed E-state index contributed by atoms with van der Waals surface area (Å²) in [7, 11) is 0. The van der Waals surface area contributed by atoms with Crippen molar-refractivity contribution in [1.29, 1.82) is 0 Å². The summed E-state index contributed by atoms with van der Waals surface area (Å²) >= 11 is 0. The third kappa shape index (κ3) is 4.37. The van der Waals surface area contributed by atoms with Crippen LogP contribution in [0.3, 0.4) is 0 Å². The maximum absolute atomic E-state index is 12.2. The highest BCUT2D eigenvalue weighted by Gasteiger charge is 2.32. The van der Waals surface area contributed by atoms with E-state index in [9.17, 15) is 14.4 Å². The Labute approximate surface area is 134 Å². The minimum atomic E-state index is -1.48. The van der Waals surface area contributed by atoms with Gasteiger partial charge in [-0.05, 0) is 5.56 Å². The number of Topliss-reactive ketones (excluding diaryl/α,β-unsaturated/α-hetero) is 1. The van der Waals surface area contributed by atoms with Crippen LogP contribution in [-0.4, -0.2) is 59.0 Å². The maximum Gasteiger partial charge on any atom is 0.372 e. The summed E-state index contributed by atoms with van der Waals surface area (Å²) < 4.78 is 0. The molecule has 0 bridgehead atoms. The Bertz CT molecular complexity index is 570. The number of aliphatic carboxylic acids is 1. The predicted molar refractivity (Wildman–Crippen MR) is 83.4 cm³/mol. The zero-order valence-electron chi connectivity index (χ0n) is 13.1. The molecule has 1 aromatic carbocycles. The lowest BCUT2D eigenvalue weighted by atomic mass is 10.0. The Hall–Kier alpha value is -2.25. The fourth-order valence-corrected chi connectivity index (χ4v) is 2.77. The fourth-order valence-electron chi connectivity index (χ4n) is 2.77. The van der Waals surface area contributed by atoms with Crippen LogP contribution in [0.1, 0.15) is 24.9 Å². The number of piperazine rings is 1. The number of carboxylic acids is 1. The van der Waals surface area contributed by atoms with Gasteiger partial charge in [-0.2, -0.15) is 0 Å². The van der Waals surface area contributed by atoms with Gasteiger partial charge in [-0.3, -0.25) is 14.6 Å². The molecule has 1 fully saturated rings. The van der Waals surface area contributed by atoms with Crippen LogP contribution in [0.4, 0.5) is 0 Å². The van der Waals surface area contributed by atoms with Gasteiger partial charge in [0.15, 0.2) is 0 Å². The van der Waals surface area contributed by atoms with Crippen molar-refractivity contribution in [3.63, 3.8) is 0 Å². The number of carbonyl (C=O) groups is 3. The third-order valence-electron chi connectivity index (χ3n) is 3.82. The SMILES string of the molecule is CC(=O)N(C(CC(=O)C(=O)O)c1ccccc1)N1CCNCC1. The summed E-state index contributed by atoms with van der Waals surface area (Å²) in [6.45, 7) is 4.16. The van der Waals surface area contributed by atoms with Crippen LogP contribution in [0.25, 0.3) is 0 Å². The molecule has 0 aliphatic carbocycles. The number of benzene rings is 1. The molecular weight excluding hydrogens is 298 g/mol. The molecule has 1 aliphatic rings. The number of rotatable bonds is 6. The van der Waals surface area contributed by atoms with E-state index in [0.717, 1.165) is 18.7 Å². The van der Waals surface area contributed by atoms with Gasteiger partial charge in [0.05, 0.1) is 6.04 Å². The molecule has 7 heteroatoms. The van der Waals surface area contributed by atoms with Crippen LogP contribution in [0, 0.1) is 0 Å². The van der Waals surface area contributed by atoms with Crippen molar-refractivity contribution in [3.05, 3.63) is 35.9 Å². The topological polar surface area (TPSA) is 90.0 Å². The number of ketones is 1. The van der Waals surface area contributed by atoms with E-state index in [1.54, 1.807) is 12.1 Å². The van der Waals surface area contributed by atoms with Crippen LogP contribution >= 0.6 is 0 Å². The first-order chi connectivity index (χ1) is 11.0. The average molecular weight is 319 g/mol. The zero-order valence-corrected chi connectivity index (χ0v) is 13.1. The number of nitrogens with zero attached hydrogens (tertiary/aromatic N) is 2. The van der Waals surface area contributed by atoms with Crippen LogP contribution in [-0.2, 0) is 14.4 Å². The number of hydrazine groups is 1. The van der Waals surface area contributed by atoms with Crippen molar-refractivity contribution in [2.75, 3.05) is 26.2 Å². The van der Waals surface area contributed by atoms with Crippen LogP contribution < -0.4 is 5.32 Å². The van der Waals surface area contributed by atoms with E-state index in [1.807, 2.05) is 23.2 Å². The van der Waals surface area contributed by atoms with Crippen molar-refractivity contribution in [3.8, 4) is 0 Å². The Morgan fingerprint density at radius 2 is 1.83 bits per heavy atom. The number of hydrogen-bond acceptors (Lipinski definition) is 5. The fraction of sp³-hybridized carbons (Fsp3) is 0.438. The molecule has 1 saturated heterocycles. The largest absolute Gasteiger partial charge is 0.475 e. The van der Waals surface area contributed by atoms with E-state index in [-0.39, 0.29) is 12.3 Å². The molecule has 1 unspecified atom stereocenters. The number of carbonyl (C=O) groups excluding carboxylic acids is 2. The molecule has 1 aromatic rings. The molecule has 1 atom stereocenters. The maximum atomic E-state index is 12.2. The molecule has 0 spiro atoms. The number of hydrogen-bond donors (Lipinski definition) is 2. The number of amides is 1. The van der Waals surface area contributed by atoms with E-state index < -0.39 is 17.8 Å². The van der Waals surface area contributed by atoms with Gasteiger partial charge in [0.2, 0.25) is 11.7 Å². The summed E-state index contributed by atoms with van der Waals surface area (Å²) in [5.74, 6) is -2.59. The van der Waals surface area contributed by atoms with Crippen LogP contribution in [0.2, 0.25) is 0 Å². The van der Waals surface area contributed by atoms with E-state index in [0.29, 0.717) is 13.1 Å². The summed E-state index contributed by atoms with van der Waals surface area (Å²) in [4.78, 5) is 34.9. The molecule has 0 saturated carbocycles. The molecule has 0 aromatic heterocycles. The lowest BCUT2D eigenvalue weighted by Gasteiger charge is -2.41. The Balaban J connectivity index is 2.33. The Kier molecular flexibility index (Phi) is 5.84. The van der Waals surface area contributed by atoms with E-state index in [2.05, 4.69) is 5.32 Å². The smallest absolute Gasteiger partial charge is 0.372 e. The molecule has 7 nitrogen and oxygen atoms in total. The quantitative estimate of drug-likeness (QED) is 0.740. The van der Waals surface area contributed by atoms with Gasteiger partial charge >= 0.3 is 5.97 Å². The van der Waals surface area contributed by atoms with Gasteiger partial charge in [0, 0.05) is 39.5 Å². The van der Waals surface area contributed by atoms with Gasteiger partial charge in [-0.1, -0.05) is 30.3 Å². The molecule has 23 heavy (non-hydrogen) atoms. The molecule has 1 heterocycles. The Morgan fingerprint density at radius 1 is 1.22 bits per heavy atom. The molecule has 2 rings (SSSR count). The first-order valence-corrected chi connectivity index (χ1v) is 7.57. The molecule has 124 valence electrons. The Morgan fingerprint density at radius 3 is 2.35 bits per heavy atom. The van der Waals surface area contributed by atoms with E-state index >= 15 is 0 Å². The normalized spacial score (nSPS) is 16.6. The van der Waals surface area contributed by atoms with E-state index in [4.69, 9.17) is 5.11 Å². The second-order valence-electron chi connectivity index (χ2n) is 5.43. The van der Waals surface area contributed by atoms with Gasteiger partial charge in [0.1, 0.15) is 0 Å². The predicted octanol–water partition coefficient (Wildman–Crippen LogP) is 0.440. The average Bonchev–Trinajstić information content (AvgIpc) is 2.55. The summed E-state index contributed by atoms with van der Waals surface area (Å²) in [5.41, 5.74) is 0.746. The van der Waals surface area contributed by atoms with Crippen LogP contribution in [0.15, 0.2) is 30.3 Å². The van der Waals surface area contributed by atoms with E-state index in [1.165, 1.54) is 11.9 Å². The number of nitrogens with one attached hydrogen (secondary N) is 1. The first-order valence-electron chi connectivity index (χ1n) is 7.57. The minimum Gasteiger partial charge on any atom is -0.475 e. The molecule has 0 radical (unpaired) electrons. The standard InChI is InChI=1S/C16H21N3O4/c1-12(20)19(18-9-7-17-8-10-18)14(11-15(21)16(22)23)13-5-3-2-4-6-13/h2-6,14,17H,7-11H2,1H3,(H,22,23). The summed E-state index contributed by atoms with van der Waals surface area (Å²) in [6.07, 6.45) is -0.247. The van der Waals surface area contributed by atoms with Gasteiger partial charge < -0.3 is 10.4 Å². The second kappa shape index (κ2) is 7.85. The molecular formula is C16H21N3O4. The molecule has 2 N–H and O–H groups in total. The lowest BCUT2D eigenvalue weighted by Crippen LogP contribution is -2.55. The molecule has 1 amide bonds. The van der Waals surface area contributed by atoms with Crippen molar-refractivity contribution in [1.82, 2.24) is 15.3 Å². The summed E-state index contributed by atoms with van der Waals surface area (Å²) in [6, 6.07) is 8.45. The van der Waals surface area contributed by atoms with Gasteiger partial charge in [0.25, 0.3) is 0 Å². The highest BCUT2D eigenvalue weighted by Crippen LogP contribution is 2.27. The van der Waals surface area contributed by atoms with Crippen molar-refractivity contribution in [2.24, 2.45) is 0 Å². The van der Waals surface area contributed by atoms with Crippen molar-refractivity contribution >= 4 is 17.7 Å². The monoisotopic (exact) mass is 319 g/mol. The highest BCUT2D eigenvalue weighted by atomic mass is 16.4. The van der Waals surface area contributed by atoms with Crippen molar-refractivity contribution < 1.29 is 19.5 Å². The minimum absolute atomic E-state index is 0.209. The third-order valence-corrected chi connectivity index (χ3v) is 3.82. The van der Waals surface area contributed by atoms with Crippen molar-refractivity contribution in [2.45, 2.75) is 19.4 Å². The second-order valence-corrected chi connectivity index (χ2v) is 5.43. The van der Waals surface area contributed by atoms with Crippen LogP contribution in [0.5, 0.6) is 0 Å². The van der Waals surface area contributed by atoms with Gasteiger partial charge in [-0.15, -0.1) is 0 Å². The summed E-state index contributed by atoms with van der Waals surface area (Å²) in [5, 5.41) is 15.5. The zero-order chi connectivity index (χ0) is 16.8. The molecule has 1 aliphatic heterocycles.